The molecule has 0 amide bonds. The van der Waals surface area contributed by atoms with Crippen LogP contribution in [-0.2, 0) is 6.54 Å². The normalized spacial score (nSPS) is 21.8. The highest BCUT2D eigenvalue weighted by Crippen LogP contribution is 2.36. The highest BCUT2D eigenvalue weighted by Gasteiger charge is 2.30. The molecule has 1 saturated carbocycles. The minimum Gasteiger partial charge on any atom is -0.435 e. The first-order valence-corrected chi connectivity index (χ1v) is 6.72. The van der Waals surface area contributed by atoms with E-state index in [2.05, 4.69) is 23.9 Å². The molecule has 0 saturated heterocycles. The maximum Gasteiger partial charge on any atom is 0.387 e. The topological polar surface area (TPSA) is 21.3 Å². The molecule has 1 fully saturated rings. The molecule has 4 heteroatoms. The number of nitrogens with one attached hydrogen (secondary N) is 1. The van der Waals surface area contributed by atoms with Crippen LogP contribution in [0.1, 0.15) is 38.7 Å². The summed E-state index contributed by atoms with van der Waals surface area (Å²) in [6.45, 7) is 2.61. The monoisotopic (exact) mass is 269 g/mol. The van der Waals surface area contributed by atoms with E-state index in [1.165, 1.54) is 19.3 Å². The first-order chi connectivity index (χ1) is 8.94. The molecule has 1 N–H and O–H groups in total. The van der Waals surface area contributed by atoms with Crippen molar-refractivity contribution >= 4 is 0 Å². The molecule has 0 bridgehead atoms. The molecule has 0 radical (unpaired) electrons. The van der Waals surface area contributed by atoms with Gasteiger partial charge in [-0.3, -0.25) is 0 Å². The molecular formula is C15H21F2NO. The standard InChI is InChI=1S/C15H21F2NO/c1-15(2)8-7-12(9-15)18-10-11-3-5-13(6-4-11)19-14(16)17/h3-6,12,14,18H,7-10H2,1-2H3. The molecule has 1 aliphatic carbocycles. The van der Waals surface area contributed by atoms with Crippen LogP contribution in [-0.4, -0.2) is 12.7 Å². The van der Waals surface area contributed by atoms with Gasteiger partial charge in [0.1, 0.15) is 5.75 Å². The summed E-state index contributed by atoms with van der Waals surface area (Å²) in [6, 6.07) is 7.38. The molecule has 0 spiro atoms. The van der Waals surface area contributed by atoms with E-state index in [0.717, 1.165) is 12.1 Å². The SMILES string of the molecule is CC1(C)CCC(NCc2ccc(OC(F)F)cc2)C1. The average Bonchev–Trinajstić information content (AvgIpc) is 2.67. The predicted molar refractivity (Wildman–Crippen MR) is 71.3 cm³/mol. The van der Waals surface area contributed by atoms with Gasteiger partial charge >= 0.3 is 6.61 Å². The van der Waals surface area contributed by atoms with Gasteiger partial charge in [0, 0.05) is 12.6 Å². The van der Waals surface area contributed by atoms with Crippen molar-refractivity contribution in [3.63, 3.8) is 0 Å². The first-order valence-electron chi connectivity index (χ1n) is 6.72. The van der Waals surface area contributed by atoms with Gasteiger partial charge in [-0.1, -0.05) is 26.0 Å². The summed E-state index contributed by atoms with van der Waals surface area (Å²) in [7, 11) is 0. The molecule has 1 aliphatic rings. The Morgan fingerprint density at radius 2 is 2.00 bits per heavy atom. The molecule has 0 heterocycles. The summed E-state index contributed by atoms with van der Waals surface area (Å²) in [6.07, 6.45) is 3.66. The molecule has 19 heavy (non-hydrogen) atoms. The van der Waals surface area contributed by atoms with E-state index in [-0.39, 0.29) is 5.75 Å². The van der Waals surface area contributed by atoms with Crippen molar-refractivity contribution in [1.29, 1.82) is 0 Å². The number of benzene rings is 1. The molecular weight excluding hydrogens is 248 g/mol. The second kappa shape index (κ2) is 5.87. The van der Waals surface area contributed by atoms with E-state index in [9.17, 15) is 8.78 Å². The second-order valence-electron chi connectivity index (χ2n) is 6.01. The minimum absolute atomic E-state index is 0.209. The molecule has 0 aliphatic heterocycles. The highest BCUT2D eigenvalue weighted by atomic mass is 19.3. The highest BCUT2D eigenvalue weighted by molar-refractivity contribution is 5.27. The first kappa shape index (κ1) is 14.3. The Bertz CT molecular complexity index is 403. The van der Waals surface area contributed by atoms with Gasteiger partial charge in [-0.05, 0) is 42.4 Å². The third-order valence-electron chi connectivity index (χ3n) is 3.71. The van der Waals surface area contributed by atoms with Crippen molar-refractivity contribution in [3.8, 4) is 5.75 Å². The van der Waals surface area contributed by atoms with Gasteiger partial charge in [0.25, 0.3) is 0 Å². The lowest BCUT2D eigenvalue weighted by molar-refractivity contribution is -0.0498. The van der Waals surface area contributed by atoms with Crippen LogP contribution in [0.5, 0.6) is 5.75 Å². The Morgan fingerprint density at radius 1 is 1.32 bits per heavy atom. The maximum atomic E-state index is 12.0. The quantitative estimate of drug-likeness (QED) is 0.873. The molecule has 1 aromatic carbocycles. The van der Waals surface area contributed by atoms with Crippen LogP contribution in [0.2, 0.25) is 0 Å². The predicted octanol–water partition coefficient (Wildman–Crippen LogP) is 3.96. The Hall–Kier alpha value is -1.16. The van der Waals surface area contributed by atoms with Crippen molar-refractivity contribution < 1.29 is 13.5 Å². The summed E-state index contributed by atoms with van der Waals surface area (Å²) in [4.78, 5) is 0. The van der Waals surface area contributed by atoms with Gasteiger partial charge in [-0.2, -0.15) is 8.78 Å². The lowest BCUT2D eigenvalue weighted by Gasteiger charge is -2.18. The Labute approximate surface area is 113 Å². The van der Waals surface area contributed by atoms with Gasteiger partial charge in [0.05, 0.1) is 0 Å². The Balaban J connectivity index is 1.80. The Kier molecular flexibility index (Phi) is 4.40. The van der Waals surface area contributed by atoms with E-state index in [1.807, 2.05) is 12.1 Å². The number of halogens is 2. The van der Waals surface area contributed by atoms with Crippen LogP contribution >= 0.6 is 0 Å². The summed E-state index contributed by atoms with van der Waals surface area (Å²) in [5, 5.41) is 3.52. The van der Waals surface area contributed by atoms with E-state index in [1.54, 1.807) is 12.1 Å². The lowest BCUT2D eigenvalue weighted by atomic mass is 9.92. The van der Waals surface area contributed by atoms with Gasteiger partial charge in [-0.25, -0.2) is 0 Å². The van der Waals surface area contributed by atoms with Crippen LogP contribution in [0.3, 0.4) is 0 Å². The van der Waals surface area contributed by atoms with Crippen LogP contribution in [0.25, 0.3) is 0 Å². The zero-order valence-corrected chi connectivity index (χ0v) is 11.5. The molecule has 1 aromatic rings. The van der Waals surface area contributed by atoms with E-state index < -0.39 is 6.61 Å². The zero-order chi connectivity index (χ0) is 13.9. The largest absolute Gasteiger partial charge is 0.435 e. The summed E-state index contributed by atoms with van der Waals surface area (Å²) < 4.78 is 28.3. The van der Waals surface area contributed by atoms with Gasteiger partial charge in [0.2, 0.25) is 0 Å². The number of alkyl halides is 2. The number of ether oxygens (including phenoxy) is 1. The second-order valence-corrected chi connectivity index (χ2v) is 6.01. The van der Waals surface area contributed by atoms with Crippen LogP contribution in [0.4, 0.5) is 8.78 Å². The molecule has 2 nitrogen and oxygen atoms in total. The van der Waals surface area contributed by atoms with Gasteiger partial charge in [0.15, 0.2) is 0 Å². The average molecular weight is 269 g/mol. The zero-order valence-electron chi connectivity index (χ0n) is 11.5. The summed E-state index contributed by atoms with van der Waals surface area (Å²) in [5.41, 5.74) is 1.53. The number of hydrogen-bond donors (Lipinski definition) is 1. The summed E-state index contributed by atoms with van der Waals surface area (Å²) >= 11 is 0. The number of hydrogen-bond acceptors (Lipinski definition) is 2. The van der Waals surface area contributed by atoms with E-state index in [0.29, 0.717) is 11.5 Å². The fourth-order valence-electron chi connectivity index (χ4n) is 2.66. The van der Waals surface area contributed by atoms with Crippen molar-refractivity contribution in [3.05, 3.63) is 29.8 Å². The minimum atomic E-state index is -2.76. The molecule has 2 rings (SSSR count). The smallest absolute Gasteiger partial charge is 0.387 e. The van der Waals surface area contributed by atoms with E-state index >= 15 is 0 Å². The van der Waals surface area contributed by atoms with Gasteiger partial charge < -0.3 is 10.1 Å². The van der Waals surface area contributed by atoms with Crippen LogP contribution < -0.4 is 10.1 Å². The molecule has 106 valence electrons. The Morgan fingerprint density at radius 3 is 2.53 bits per heavy atom. The van der Waals surface area contributed by atoms with Crippen molar-refractivity contribution in [2.24, 2.45) is 5.41 Å². The van der Waals surface area contributed by atoms with Crippen molar-refractivity contribution in [2.45, 2.75) is 52.3 Å². The third-order valence-corrected chi connectivity index (χ3v) is 3.71. The summed E-state index contributed by atoms with van der Waals surface area (Å²) in [5.74, 6) is 0.209. The van der Waals surface area contributed by atoms with Crippen molar-refractivity contribution in [1.82, 2.24) is 5.32 Å². The lowest BCUT2D eigenvalue weighted by Crippen LogP contribution is -2.26. The fraction of sp³-hybridized carbons (Fsp3) is 0.600. The van der Waals surface area contributed by atoms with Gasteiger partial charge in [-0.15, -0.1) is 0 Å². The molecule has 0 aromatic heterocycles. The molecule has 1 atom stereocenters. The maximum absolute atomic E-state index is 12.0. The fourth-order valence-corrected chi connectivity index (χ4v) is 2.66. The van der Waals surface area contributed by atoms with Crippen LogP contribution in [0, 0.1) is 5.41 Å². The third kappa shape index (κ3) is 4.46. The van der Waals surface area contributed by atoms with Crippen LogP contribution in [0.15, 0.2) is 24.3 Å². The number of rotatable bonds is 5. The molecule has 1 unspecified atom stereocenters. The van der Waals surface area contributed by atoms with E-state index in [4.69, 9.17) is 0 Å². The van der Waals surface area contributed by atoms with Crippen molar-refractivity contribution in [2.75, 3.05) is 0 Å².